The lowest BCUT2D eigenvalue weighted by Gasteiger charge is -2.29. The molecule has 0 saturated carbocycles. The lowest BCUT2D eigenvalue weighted by Crippen LogP contribution is -2.27. The molecule has 4 nitrogen and oxygen atoms in total. The molecule has 0 N–H and O–H groups in total. The molecule has 0 saturated heterocycles. The van der Waals surface area contributed by atoms with Crippen molar-refractivity contribution < 1.29 is 9.47 Å². The zero-order chi connectivity index (χ0) is 20.5. The number of hydrogen-bond donors (Lipinski definition) is 0. The van der Waals surface area contributed by atoms with Crippen LogP contribution in [0.1, 0.15) is 11.1 Å². The number of likely N-dealkylation sites (N-methyl/N-ethyl adjacent to an activating group) is 2. The SMILES string of the molecule is CN1C/C(=C\c2cccc(/C=C3\CN(C)c4ccccc4O3)c2)Oc2ccccc21. The van der Waals surface area contributed by atoms with Crippen molar-refractivity contribution in [3.8, 4) is 11.5 Å². The van der Waals surface area contributed by atoms with E-state index in [1.165, 1.54) is 0 Å². The van der Waals surface area contributed by atoms with Crippen LogP contribution in [0.25, 0.3) is 12.2 Å². The average Bonchev–Trinajstić information content (AvgIpc) is 2.74. The van der Waals surface area contributed by atoms with E-state index in [0.29, 0.717) is 0 Å². The first kappa shape index (κ1) is 18.4. The van der Waals surface area contributed by atoms with Gasteiger partial charge < -0.3 is 19.3 Å². The van der Waals surface area contributed by atoms with Crippen LogP contribution < -0.4 is 19.3 Å². The summed E-state index contributed by atoms with van der Waals surface area (Å²) < 4.78 is 12.2. The number of anilines is 2. The molecule has 5 rings (SSSR count). The Morgan fingerprint density at radius 2 is 1.10 bits per heavy atom. The third kappa shape index (κ3) is 3.64. The number of para-hydroxylation sites is 4. The highest BCUT2D eigenvalue weighted by atomic mass is 16.5. The van der Waals surface area contributed by atoms with E-state index in [0.717, 1.165) is 58.6 Å². The van der Waals surface area contributed by atoms with E-state index in [2.05, 4.69) is 72.4 Å². The van der Waals surface area contributed by atoms with Gasteiger partial charge in [0.15, 0.2) is 0 Å². The first-order valence-corrected chi connectivity index (χ1v) is 10.1. The average molecular weight is 396 g/mol. The van der Waals surface area contributed by atoms with E-state index in [9.17, 15) is 0 Å². The molecule has 0 atom stereocenters. The molecule has 0 amide bonds. The number of hydrogen-bond acceptors (Lipinski definition) is 4. The molecule has 0 bridgehead atoms. The standard InChI is InChI=1S/C26H24N2O2/c1-27-17-21(29-25-12-5-3-10-23(25)27)15-19-8-7-9-20(14-19)16-22-18-28(2)24-11-4-6-13-26(24)30-22/h3-16H,17-18H2,1-2H3/b21-15+,22-16+. The van der Waals surface area contributed by atoms with Crippen molar-refractivity contribution in [3.63, 3.8) is 0 Å². The molecule has 2 aliphatic rings. The Morgan fingerprint density at radius 1 is 0.633 bits per heavy atom. The number of rotatable bonds is 2. The molecule has 30 heavy (non-hydrogen) atoms. The second-order valence-corrected chi connectivity index (χ2v) is 7.74. The number of benzene rings is 3. The van der Waals surface area contributed by atoms with Gasteiger partial charge >= 0.3 is 0 Å². The third-order valence-electron chi connectivity index (χ3n) is 5.39. The second-order valence-electron chi connectivity index (χ2n) is 7.74. The lowest BCUT2D eigenvalue weighted by atomic mass is 10.1. The molecule has 3 aromatic carbocycles. The van der Waals surface area contributed by atoms with E-state index in [-0.39, 0.29) is 0 Å². The number of ether oxygens (including phenoxy) is 2. The monoisotopic (exact) mass is 396 g/mol. The minimum Gasteiger partial charge on any atom is -0.458 e. The van der Waals surface area contributed by atoms with Crippen LogP contribution in [0.2, 0.25) is 0 Å². The van der Waals surface area contributed by atoms with Crippen LogP contribution in [-0.4, -0.2) is 27.2 Å². The Labute approximate surface area is 177 Å². The fraction of sp³-hybridized carbons (Fsp3) is 0.154. The molecule has 0 spiro atoms. The molecule has 0 fully saturated rings. The summed E-state index contributed by atoms with van der Waals surface area (Å²) in [6, 6.07) is 24.7. The predicted octanol–water partition coefficient (Wildman–Crippen LogP) is 5.43. The van der Waals surface area contributed by atoms with Gasteiger partial charge in [0.1, 0.15) is 23.0 Å². The van der Waals surface area contributed by atoms with Crippen LogP contribution in [0.3, 0.4) is 0 Å². The molecular weight excluding hydrogens is 372 g/mol. The number of fused-ring (bicyclic) bond motifs is 2. The van der Waals surface area contributed by atoms with Gasteiger partial charge in [0, 0.05) is 14.1 Å². The fourth-order valence-electron chi connectivity index (χ4n) is 3.96. The highest BCUT2D eigenvalue weighted by Gasteiger charge is 2.19. The van der Waals surface area contributed by atoms with Gasteiger partial charge in [-0.05, 0) is 53.6 Å². The maximum absolute atomic E-state index is 6.12. The topological polar surface area (TPSA) is 24.9 Å². The molecule has 0 unspecified atom stereocenters. The molecule has 150 valence electrons. The first-order chi connectivity index (χ1) is 14.7. The van der Waals surface area contributed by atoms with Crippen LogP contribution in [-0.2, 0) is 0 Å². The maximum Gasteiger partial charge on any atom is 0.150 e. The molecule has 4 heteroatoms. The van der Waals surface area contributed by atoms with E-state index in [1.54, 1.807) is 0 Å². The summed E-state index contributed by atoms with van der Waals surface area (Å²) in [5.41, 5.74) is 4.45. The van der Waals surface area contributed by atoms with Crippen molar-refractivity contribution in [1.29, 1.82) is 0 Å². The third-order valence-corrected chi connectivity index (χ3v) is 5.39. The molecule has 0 aromatic heterocycles. The van der Waals surface area contributed by atoms with Gasteiger partial charge in [-0.1, -0.05) is 42.5 Å². The summed E-state index contributed by atoms with van der Waals surface area (Å²) in [6.07, 6.45) is 4.22. The van der Waals surface area contributed by atoms with Gasteiger partial charge in [-0.25, -0.2) is 0 Å². The molecule has 2 aliphatic heterocycles. The van der Waals surface area contributed by atoms with Crippen LogP contribution in [0.5, 0.6) is 11.5 Å². The van der Waals surface area contributed by atoms with Crippen molar-refractivity contribution in [2.45, 2.75) is 0 Å². The Balaban J connectivity index is 1.39. The summed E-state index contributed by atoms with van der Waals surface area (Å²) in [5, 5.41) is 0. The van der Waals surface area contributed by atoms with Crippen molar-refractivity contribution in [2.75, 3.05) is 37.0 Å². The van der Waals surface area contributed by atoms with Gasteiger partial charge in [0.2, 0.25) is 0 Å². The lowest BCUT2D eigenvalue weighted by molar-refractivity contribution is 0.404. The predicted molar refractivity (Wildman–Crippen MR) is 123 cm³/mol. The quantitative estimate of drug-likeness (QED) is 0.577. The van der Waals surface area contributed by atoms with Gasteiger partial charge in [0.25, 0.3) is 0 Å². The van der Waals surface area contributed by atoms with Crippen LogP contribution in [0, 0.1) is 0 Å². The molecule has 2 heterocycles. The van der Waals surface area contributed by atoms with Crippen LogP contribution in [0.15, 0.2) is 84.3 Å². The largest absolute Gasteiger partial charge is 0.458 e. The van der Waals surface area contributed by atoms with Gasteiger partial charge in [-0.3, -0.25) is 0 Å². The number of nitrogens with zero attached hydrogens (tertiary/aromatic N) is 2. The van der Waals surface area contributed by atoms with Crippen molar-refractivity contribution in [1.82, 2.24) is 0 Å². The Kier molecular flexibility index (Phi) is 4.68. The minimum atomic E-state index is 0.743. The highest BCUT2D eigenvalue weighted by Crippen LogP contribution is 2.35. The van der Waals surface area contributed by atoms with E-state index >= 15 is 0 Å². The summed E-state index contributed by atoms with van der Waals surface area (Å²) in [7, 11) is 4.18. The van der Waals surface area contributed by atoms with Crippen LogP contribution >= 0.6 is 0 Å². The first-order valence-electron chi connectivity index (χ1n) is 10.1. The zero-order valence-electron chi connectivity index (χ0n) is 17.2. The summed E-state index contributed by atoms with van der Waals surface area (Å²) in [5.74, 6) is 3.66. The second kappa shape index (κ2) is 7.64. The minimum absolute atomic E-state index is 0.743. The van der Waals surface area contributed by atoms with Crippen molar-refractivity contribution in [2.24, 2.45) is 0 Å². The normalized spacial score (nSPS) is 17.9. The Hall–Kier alpha value is -3.66. The van der Waals surface area contributed by atoms with Gasteiger partial charge in [0.05, 0.1) is 24.5 Å². The molecule has 0 aliphatic carbocycles. The Bertz CT molecular complexity index is 1060. The van der Waals surface area contributed by atoms with Crippen molar-refractivity contribution in [3.05, 3.63) is 95.4 Å². The zero-order valence-corrected chi connectivity index (χ0v) is 17.2. The summed E-state index contributed by atoms with van der Waals surface area (Å²) in [4.78, 5) is 4.42. The maximum atomic E-state index is 6.12. The Morgan fingerprint density at radius 3 is 1.60 bits per heavy atom. The smallest absolute Gasteiger partial charge is 0.150 e. The van der Waals surface area contributed by atoms with E-state index < -0.39 is 0 Å². The van der Waals surface area contributed by atoms with Crippen LogP contribution in [0.4, 0.5) is 11.4 Å². The van der Waals surface area contributed by atoms with Gasteiger partial charge in [-0.2, -0.15) is 0 Å². The fourth-order valence-corrected chi connectivity index (χ4v) is 3.96. The van der Waals surface area contributed by atoms with Gasteiger partial charge in [-0.15, -0.1) is 0 Å². The van der Waals surface area contributed by atoms with E-state index in [1.807, 2.05) is 36.4 Å². The van der Waals surface area contributed by atoms with Crippen molar-refractivity contribution >= 4 is 23.5 Å². The molecular formula is C26H24N2O2. The van der Waals surface area contributed by atoms with E-state index in [4.69, 9.17) is 9.47 Å². The molecule has 3 aromatic rings. The summed E-state index contributed by atoms with van der Waals surface area (Å²) >= 11 is 0. The highest BCUT2D eigenvalue weighted by molar-refractivity contribution is 5.67. The summed E-state index contributed by atoms with van der Waals surface area (Å²) in [6.45, 7) is 1.49. The molecule has 0 radical (unpaired) electrons.